The van der Waals surface area contributed by atoms with Crippen molar-refractivity contribution < 1.29 is 8.42 Å². The van der Waals surface area contributed by atoms with Crippen molar-refractivity contribution in [3.63, 3.8) is 0 Å². The molecule has 0 radical (unpaired) electrons. The Morgan fingerprint density at radius 2 is 1.86 bits per heavy atom. The summed E-state index contributed by atoms with van der Waals surface area (Å²) in [6, 6.07) is 3.63. The van der Waals surface area contributed by atoms with E-state index in [0.29, 0.717) is 9.37 Å². The van der Waals surface area contributed by atoms with Crippen LogP contribution in [0.3, 0.4) is 0 Å². The van der Waals surface area contributed by atoms with Crippen LogP contribution < -0.4 is 4.72 Å². The molecule has 1 N–H and O–H groups in total. The molecule has 0 fully saturated rings. The second-order valence-electron chi connectivity index (χ2n) is 3.10. The maximum atomic E-state index is 11.6. The standard InChI is InChI=1S/C9H12BrNO2S/c1-6-4-7(2)9(8(10)5-6)14(12,13)11-3/h4-5,11H,1-3H3. The van der Waals surface area contributed by atoms with E-state index in [2.05, 4.69) is 20.7 Å². The van der Waals surface area contributed by atoms with Crippen LogP contribution in [-0.4, -0.2) is 15.5 Å². The SMILES string of the molecule is CNS(=O)(=O)c1c(C)cc(C)cc1Br. The Labute approximate surface area is 92.7 Å². The molecule has 0 bridgehead atoms. The van der Waals surface area contributed by atoms with E-state index in [1.54, 1.807) is 13.0 Å². The van der Waals surface area contributed by atoms with E-state index in [-0.39, 0.29) is 0 Å². The quantitative estimate of drug-likeness (QED) is 0.899. The Balaban J connectivity index is 3.51. The first-order valence-electron chi connectivity index (χ1n) is 4.09. The van der Waals surface area contributed by atoms with E-state index in [0.717, 1.165) is 11.1 Å². The molecule has 1 aromatic rings. The molecule has 14 heavy (non-hydrogen) atoms. The van der Waals surface area contributed by atoms with Crippen LogP contribution in [0.5, 0.6) is 0 Å². The topological polar surface area (TPSA) is 46.2 Å². The minimum atomic E-state index is -3.37. The van der Waals surface area contributed by atoms with Gasteiger partial charge in [0.15, 0.2) is 0 Å². The molecule has 0 heterocycles. The number of sulfonamides is 1. The lowest BCUT2D eigenvalue weighted by Gasteiger charge is -2.09. The highest BCUT2D eigenvalue weighted by Crippen LogP contribution is 2.26. The molecular weight excluding hydrogens is 266 g/mol. The Kier molecular flexibility index (Phi) is 3.34. The van der Waals surface area contributed by atoms with Crippen molar-refractivity contribution in [1.82, 2.24) is 4.72 Å². The third kappa shape index (κ3) is 2.16. The van der Waals surface area contributed by atoms with Crippen LogP contribution in [0, 0.1) is 13.8 Å². The van der Waals surface area contributed by atoms with Crippen LogP contribution in [0.1, 0.15) is 11.1 Å². The summed E-state index contributed by atoms with van der Waals surface area (Å²) in [4.78, 5) is 0.311. The van der Waals surface area contributed by atoms with Gasteiger partial charge in [-0.3, -0.25) is 0 Å². The summed E-state index contributed by atoms with van der Waals surface area (Å²) in [6.45, 7) is 3.70. The van der Waals surface area contributed by atoms with Crippen LogP contribution >= 0.6 is 15.9 Å². The molecule has 1 aromatic carbocycles. The van der Waals surface area contributed by atoms with E-state index in [1.165, 1.54) is 7.05 Å². The number of nitrogens with one attached hydrogen (secondary N) is 1. The summed E-state index contributed by atoms with van der Waals surface area (Å²) >= 11 is 3.26. The van der Waals surface area contributed by atoms with Gasteiger partial charge in [0.05, 0.1) is 4.90 Å². The second kappa shape index (κ2) is 4.00. The number of halogens is 1. The smallest absolute Gasteiger partial charge is 0.214 e. The molecule has 1 rings (SSSR count). The summed E-state index contributed by atoms with van der Waals surface area (Å²) in [7, 11) is -1.97. The molecule has 0 aliphatic carbocycles. The summed E-state index contributed by atoms with van der Waals surface area (Å²) in [5, 5.41) is 0. The molecule has 78 valence electrons. The van der Waals surface area contributed by atoms with Crippen LogP contribution in [0.25, 0.3) is 0 Å². The van der Waals surface area contributed by atoms with Gasteiger partial charge >= 0.3 is 0 Å². The zero-order valence-corrected chi connectivity index (χ0v) is 10.7. The van der Waals surface area contributed by atoms with Crippen molar-refractivity contribution in [2.45, 2.75) is 18.7 Å². The molecule has 0 unspecified atom stereocenters. The molecule has 0 aliphatic rings. The Morgan fingerprint density at radius 3 is 2.29 bits per heavy atom. The number of hydrogen-bond donors (Lipinski definition) is 1. The monoisotopic (exact) mass is 277 g/mol. The van der Waals surface area contributed by atoms with Gasteiger partial charge in [-0.05, 0) is 54.0 Å². The first-order chi connectivity index (χ1) is 6.38. The minimum absolute atomic E-state index is 0.311. The van der Waals surface area contributed by atoms with E-state index in [9.17, 15) is 8.42 Å². The lowest BCUT2D eigenvalue weighted by Crippen LogP contribution is -2.20. The Morgan fingerprint density at radius 1 is 1.29 bits per heavy atom. The number of benzene rings is 1. The van der Waals surface area contributed by atoms with Gasteiger partial charge in [0.2, 0.25) is 10.0 Å². The maximum Gasteiger partial charge on any atom is 0.241 e. The fraction of sp³-hybridized carbons (Fsp3) is 0.333. The Bertz CT molecular complexity index is 431. The molecule has 0 aromatic heterocycles. The predicted octanol–water partition coefficient (Wildman–Crippen LogP) is 1.97. The van der Waals surface area contributed by atoms with Gasteiger partial charge in [-0.25, -0.2) is 13.1 Å². The predicted molar refractivity (Wildman–Crippen MR) is 59.9 cm³/mol. The van der Waals surface area contributed by atoms with Gasteiger partial charge < -0.3 is 0 Å². The highest BCUT2D eigenvalue weighted by molar-refractivity contribution is 9.10. The van der Waals surface area contributed by atoms with Crippen LogP contribution in [-0.2, 0) is 10.0 Å². The zero-order valence-electron chi connectivity index (χ0n) is 8.26. The van der Waals surface area contributed by atoms with Gasteiger partial charge in [0.1, 0.15) is 0 Å². The largest absolute Gasteiger partial charge is 0.241 e. The molecule has 0 spiro atoms. The summed E-state index contributed by atoms with van der Waals surface area (Å²) < 4.78 is 26.1. The molecule has 0 amide bonds. The van der Waals surface area contributed by atoms with Crippen molar-refractivity contribution in [3.8, 4) is 0 Å². The van der Waals surface area contributed by atoms with Gasteiger partial charge in [-0.2, -0.15) is 0 Å². The fourth-order valence-electron chi connectivity index (χ4n) is 1.34. The number of hydrogen-bond acceptors (Lipinski definition) is 2. The molecule has 0 saturated heterocycles. The maximum absolute atomic E-state index is 11.6. The third-order valence-electron chi connectivity index (χ3n) is 1.91. The number of rotatable bonds is 2. The average Bonchev–Trinajstić information content (AvgIpc) is 2.01. The van der Waals surface area contributed by atoms with E-state index >= 15 is 0 Å². The van der Waals surface area contributed by atoms with Crippen molar-refractivity contribution in [2.75, 3.05) is 7.05 Å². The highest BCUT2D eigenvalue weighted by Gasteiger charge is 2.18. The van der Waals surface area contributed by atoms with Crippen molar-refractivity contribution >= 4 is 26.0 Å². The lowest BCUT2D eigenvalue weighted by molar-refractivity contribution is 0.587. The fourth-order valence-corrected chi connectivity index (χ4v) is 3.66. The van der Waals surface area contributed by atoms with E-state index in [4.69, 9.17) is 0 Å². The summed E-state index contributed by atoms with van der Waals surface area (Å²) in [5.74, 6) is 0. The summed E-state index contributed by atoms with van der Waals surface area (Å²) in [6.07, 6.45) is 0. The van der Waals surface area contributed by atoms with Crippen molar-refractivity contribution in [1.29, 1.82) is 0 Å². The van der Waals surface area contributed by atoms with Crippen molar-refractivity contribution in [2.24, 2.45) is 0 Å². The van der Waals surface area contributed by atoms with E-state index < -0.39 is 10.0 Å². The van der Waals surface area contributed by atoms with Crippen LogP contribution in [0.2, 0.25) is 0 Å². The van der Waals surface area contributed by atoms with Gasteiger partial charge in [0.25, 0.3) is 0 Å². The van der Waals surface area contributed by atoms with Gasteiger partial charge in [-0.1, -0.05) is 6.07 Å². The molecule has 0 saturated carbocycles. The third-order valence-corrected chi connectivity index (χ3v) is 4.42. The molecule has 0 aliphatic heterocycles. The Hall–Kier alpha value is -0.390. The first-order valence-corrected chi connectivity index (χ1v) is 6.36. The lowest BCUT2D eigenvalue weighted by atomic mass is 10.2. The zero-order chi connectivity index (χ0) is 10.9. The van der Waals surface area contributed by atoms with Crippen LogP contribution in [0.4, 0.5) is 0 Å². The van der Waals surface area contributed by atoms with Gasteiger partial charge in [0, 0.05) is 4.47 Å². The highest BCUT2D eigenvalue weighted by atomic mass is 79.9. The summed E-state index contributed by atoms with van der Waals surface area (Å²) in [5.41, 5.74) is 1.77. The minimum Gasteiger partial charge on any atom is -0.214 e. The first kappa shape index (κ1) is 11.7. The van der Waals surface area contributed by atoms with Crippen LogP contribution in [0.15, 0.2) is 21.5 Å². The normalized spacial score (nSPS) is 11.7. The average molecular weight is 278 g/mol. The molecular formula is C9H12BrNO2S. The van der Waals surface area contributed by atoms with E-state index in [1.807, 2.05) is 13.0 Å². The number of aryl methyl sites for hydroxylation is 2. The van der Waals surface area contributed by atoms with Gasteiger partial charge in [-0.15, -0.1) is 0 Å². The van der Waals surface area contributed by atoms with Crippen molar-refractivity contribution in [3.05, 3.63) is 27.7 Å². The molecule has 3 nitrogen and oxygen atoms in total. The molecule has 5 heteroatoms. The second-order valence-corrected chi connectivity index (χ2v) is 5.78. The molecule has 0 atom stereocenters.